The quantitative estimate of drug-likeness (QED) is 0.455. The maximum atomic E-state index is 12.2. The second kappa shape index (κ2) is 7.18. The Bertz CT molecular complexity index is 569. The summed E-state index contributed by atoms with van der Waals surface area (Å²) in [5.41, 5.74) is 2.15. The van der Waals surface area contributed by atoms with Crippen molar-refractivity contribution in [2.45, 2.75) is 25.7 Å². The Morgan fingerprint density at radius 2 is 1.77 bits per heavy atom. The zero-order valence-electron chi connectivity index (χ0n) is 13.3. The van der Waals surface area contributed by atoms with E-state index in [0.29, 0.717) is 11.5 Å². The van der Waals surface area contributed by atoms with Crippen LogP contribution >= 0.6 is 15.9 Å². The maximum Gasteiger partial charge on any atom is 0.309 e. The number of methoxy groups -OCH3 is 3. The minimum Gasteiger partial charge on any atom is -0.496 e. The molecule has 2 rings (SSSR count). The average molecular weight is 370 g/mol. The van der Waals surface area contributed by atoms with Crippen molar-refractivity contribution in [3.8, 4) is 11.5 Å². The minimum absolute atomic E-state index is 0.112. The molecule has 1 aromatic carbocycles. The van der Waals surface area contributed by atoms with E-state index in [4.69, 9.17) is 14.2 Å². The number of allylic oxidation sites excluding steroid dienone is 2. The first-order valence-corrected chi connectivity index (χ1v) is 7.97. The van der Waals surface area contributed by atoms with E-state index in [-0.39, 0.29) is 17.8 Å². The van der Waals surface area contributed by atoms with Gasteiger partial charge in [-0.3, -0.25) is 4.79 Å². The number of halogens is 1. The van der Waals surface area contributed by atoms with Gasteiger partial charge in [-0.1, -0.05) is 27.6 Å². The van der Waals surface area contributed by atoms with E-state index in [9.17, 15) is 4.79 Å². The lowest BCUT2D eigenvalue weighted by Gasteiger charge is -2.30. The molecule has 0 heterocycles. The van der Waals surface area contributed by atoms with Crippen molar-refractivity contribution in [2.75, 3.05) is 21.3 Å². The summed E-state index contributed by atoms with van der Waals surface area (Å²) in [5.74, 6) is 0.879. The summed E-state index contributed by atoms with van der Waals surface area (Å²) < 4.78 is 16.9. The molecule has 1 aliphatic rings. The van der Waals surface area contributed by atoms with E-state index < -0.39 is 0 Å². The maximum absolute atomic E-state index is 12.2. The third-order valence-electron chi connectivity index (χ3n) is 4.09. The van der Waals surface area contributed by atoms with Gasteiger partial charge in [0.15, 0.2) is 0 Å². The topological polar surface area (TPSA) is 44.8 Å². The van der Waals surface area contributed by atoms with Gasteiger partial charge < -0.3 is 14.2 Å². The molecule has 0 N–H and O–H groups in total. The highest BCUT2D eigenvalue weighted by Crippen LogP contribution is 2.46. The van der Waals surface area contributed by atoms with Crippen molar-refractivity contribution in [2.24, 2.45) is 5.92 Å². The Morgan fingerprint density at radius 1 is 1.18 bits per heavy atom. The van der Waals surface area contributed by atoms with Crippen molar-refractivity contribution in [1.82, 2.24) is 0 Å². The second-order valence-electron chi connectivity index (χ2n) is 5.43. The first-order valence-electron chi connectivity index (χ1n) is 7.18. The fourth-order valence-electron chi connectivity index (χ4n) is 3.00. The Morgan fingerprint density at radius 3 is 2.27 bits per heavy atom. The number of hydrogen-bond acceptors (Lipinski definition) is 4. The van der Waals surface area contributed by atoms with Gasteiger partial charge in [0.05, 0.1) is 27.2 Å². The van der Waals surface area contributed by atoms with Gasteiger partial charge in [-0.25, -0.2) is 0 Å². The van der Waals surface area contributed by atoms with Crippen LogP contribution in [0.15, 0.2) is 28.3 Å². The summed E-state index contributed by atoms with van der Waals surface area (Å²) in [6, 6.07) is 3.79. The van der Waals surface area contributed by atoms with Crippen molar-refractivity contribution < 1.29 is 19.0 Å². The largest absolute Gasteiger partial charge is 0.496 e. The third-order valence-corrected chi connectivity index (χ3v) is 4.55. The average Bonchev–Trinajstić information content (AvgIpc) is 2.52. The molecule has 120 valence electrons. The number of hydrogen-bond donors (Lipinski definition) is 0. The van der Waals surface area contributed by atoms with Gasteiger partial charge in [0.2, 0.25) is 0 Å². The molecule has 1 aliphatic carbocycles. The Labute approximate surface area is 139 Å². The third kappa shape index (κ3) is 3.29. The number of carbonyl (C=O) groups excluding carboxylic acids is 1. The molecule has 0 saturated carbocycles. The molecule has 0 fully saturated rings. The Balaban J connectivity index is 2.59. The summed E-state index contributed by atoms with van der Waals surface area (Å²) >= 11 is 3.46. The fourth-order valence-corrected chi connectivity index (χ4v) is 3.42. The summed E-state index contributed by atoms with van der Waals surface area (Å²) in [7, 11) is 4.68. The van der Waals surface area contributed by atoms with E-state index >= 15 is 0 Å². The van der Waals surface area contributed by atoms with Gasteiger partial charge in [0, 0.05) is 16.0 Å². The van der Waals surface area contributed by atoms with Crippen LogP contribution in [0.25, 0.3) is 0 Å². The van der Waals surface area contributed by atoms with Crippen LogP contribution in [-0.4, -0.2) is 27.3 Å². The van der Waals surface area contributed by atoms with Crippen LogP contribution in [0.3, 0.4) is 0 Å². The molecule has 5 heteroatoms. The van der Waals surface area contributed by atoms with Crippen molar-refractivity contribution in [3.63, 3.8) is 0 Å². The monoisotopic (exact) mass is 369 g/mol. The molecular weight excluding hydrogens is 349 g/mol. The molecule has 0 aromatic heterocycles. The molecule has 1 aromatic rings. The number of rotatable bonds is 4. The molecule has 0 bridgehead atoms. The summed E-state index contributed by atoms with van der Waals surface area (Å²) in [6.07, 6.45) is 3.79. The molecule has 0 radical (unpaired) electrons. The first kappa shape index (κ1) is 16.9. The number of carbonyl (C=O) groups is 1. The lowest BCUT2D eigenvalue weighted by Crippen LogP contribution is -2.26. The van der Waals surface area contributed by atoms with Gasteiger partial charge >= 0.3 is 5.97 Å². The second-order valence-corrected chi connectivity index (χ2v) is 6.35. The summed E-state index contributed by atoms with van der Waals surface area (Å²) in [5, 5.41) is 0. The molecule has 0 spiro atoms. The highest BCUT2D eigenvalue weighted by Gasteiger charge is 2.35. The van der Waals surface area contributed by atoms with Gasteiger partial charge in [0.25, 0.3) is 0 Å². The predicted molar refractivity (Wildman–Crippen MR) is 88.5 cm³/mol. The van der Waals surface area contributed by atoms with Gasteiger partial charge in [-0.05, 0) is 31.9 Å². The highest BCUT2D eigenvalue weighted by molar-refractivity contribution is 9.10. The van der Waals surface area contributed by atoms with E-state index in [1.807, 2.05) is 12.1 Å². The Hall–Kier alpha value is -1.49. The van der Waals surface area contributed by atoms with Crippen molar-refractivity contribution in [1.29, 1.82) is 0 Å². The number of benzene rings is 1. The lowest BCUT2D eigenvalue weighted by atomic mass is 9.77. The summed E-state index contributed by atoms with van der Waals surface area (Å²) in [4.78, 5) is 12.2. The van der Waals surface area contributed by atoms with E-state index in [0.717, 1.165) is 22.9 Å². The number of ether oxygens (including phenoxy) is 3. The highest BCUT2D eigenvalue weighted by atomic mass is 79.9. The first-order chi connectivity index (χ1) is 10.5. The molecular formula is C17H21BrO4. The summed E-state index contributed by atoms with van der Waals surface area (Å²) in [6.45, 7) is 2.08. The SMILES string of the molecule is COC(=O)[C@@H]1CCC([13CH3])=C[C@H]1c1c(OC)cc(Br)cc1OC. The van der Waals surface area contributed by atoms with Crippen LogP contribution in [0, 0.1) is 5.92 Å². The molecule has 0 aliphatic heterocycles. The standard InChI is InChI=1S/C17H21BrO4/c1-10-5-6-12(17(19)22-4)13(7-10)16-14(20-2)8-11(18)9-15(16)21-3/h7-9,12-13H,5-6H2,1-4H3/t12-,13-/m1/s1/i1+1. The van der Waals surface area contributed by atoms with Crippen molar-refractivity contribution in [3.05, 3.63) is 33.8 Å². The van der Waals surface area contributed by atoms with Crippen molar-refractivity contribution >= 4 is 21.9 Å². The van der Waals surface area contributed by atoms with Crippen LogP contribution in [-0.2, 0) is 9.53 Å². The van der Waals surface area contributed by atoms with Gasteiger partial charge in [0.1, 0.15) is 11.5 Å². The molecule has 4 nitrogen and oxygen atoms in total. The van der Waals surface area contributed by atoms with Crippen LogP contribution in [0.5, 0.6) is 11.5 Å². The van der Waals surface area contributed by atoms with Gasteiger partial charge in [-0.15, -0.1) is 0 Å². The van der Waals surface area contributed by atoms with Crippen LogP contribution < -0.4 is 9.47 Å². The predicted octanol–water partition coefficient (Wildman–Crippen LogP) is 4.08. The molecule has 22 heavy (non-hydrogen) atoms. The van der Waals surface area contributed by atoms with Crippen LogP contribution in [0.2, 0.25) is 0 Å². The van der Waals surface area contributed by atoms with Crippen LogP contribution in [0.4, 0.5) is 0 Å². The molecule has 0 unspecified atom stereocenters. The smallest absolute Gasteiger partial charge is 0.309 e. The zero-order valence-corrected chi connectivity index (χ0v) is 14.9. The van der Waals surface area contributed by atoms with E-state index in [1.165, 1.54) is 12.7 Å². The minimum atomic E-state index is -0.224. The fraction of sp³-hybridized carbons (Fsp3) is 0.471. The lowest BCUT2D eigenvalue weighted by molar-refractivity contribution is -0.146. The van der Waals surface area contributed by atoms with Crippen LogP contribution in [0.1, 0.15) is 31.2 Å². The molecule has 0 saturated heterocycles. The molecule has 0 amide bonds. The molecule has 2 atom stereocenters. The van der Waals surface area contributed by atoms with E-state index in [2.05, 4.69) is 28.9 Å². The zero-order chi connectivity index (χ0) is 16.3. The Kier molecular flexibility index (Phi) is 5.51. The van der Waals surface area contributed by atoms with E-state index in [1.54, 1.807) is 14.2 Å². The van der Waals surface area contributed by atoms with Gasteiger partial charge in [-0.2, -0.15) is 0 Å². The number of esters is 1. The normalized spacial score (nSPS) is 21.0.